The standard InChI is InChI=1S/C38H27N2O/c1-25-11-20-33-32-22-21-31(34(24-39)37(32)41-38(33)36(25)35-10-6-7-23-40(35)2)30-18-16-29(17-19-30)28-14-12-27(13-15-28)26-8-4-3-5-9-26/h3-23H,1-2H3/q+1. The highest BCUT2D eigenvalue weighted by Gasteiger charge is 2.22. The van der Waals surface area contributed by atoms with Gasteiger partial charge in [0.05, 0.1) is 5.56 Å². The zero-order valence-electron chi connectivity index (χ0n) is 22.9. The van der Waals surface area contributed by atoms with Crippen molar-refractivity contribution in [3.05, 3.63) is 139 Å². The van der Waals surface area contributed by atoms with Crippen LogP contribution in [-0.2, 0) is 7.05 Å². The fourth-order valence-electron chi connectivity index (χ4n) is 5.78. The van der Waals surface area contributed by atoms with Crippen LogP contribution in [0.15, 0.2) is 132 Å². The predicted octanol–water partition coefficient (Wildman–Crippen LogP) is 9.26. The average Bonchev–Trinajstić information content (AvgIpc) is 3.40. The van der Waals surface area contributed by atoms with Crippen LogP contribution in [0.5, 0.6) is 0 Å². The van der Waals surface area contributed by atoms with Crippen molar-refractivity contribution in [2.24, 2.45) is 7.05 Å². The van der Waals surface area contributed by atoms with Crippen LogP contribution in [0.2, 0.25) is 0 Å². The molecule has 0 aliphatic rings. The van der Waals surface area contributed by atoms with E-state index < -0.39 is 0 Å². The van der Waals surface area contributed by atoms with Crippen LogP contribution >= 0.6 is 0 Å². The van der Waals surface area contributed by atoms with Gasteiger partial charge in [-0.1, -0.05) is 97.1 Å². The number of rotatable bonds is 4. The second kappa shape index (κ2) is 9.93. The van der Waals surface area contributed by atoms with Crippen molar-refractivity contribution in [1.29, 1.82) is 5.26 Å². The molecule has 3 heteroatoms. The zero-order valence-corrected chi connectivity index (χ0v) is 22.9. The topological polar surface area (TPSA) is 40.8 Å². The molecule has 41 heavy (non-hydrogen) atoms. The van der Waals surface area contributed by atoms with Crippen LogP contribution in [0.4, 0.5) is 0 Å². The Balaban J connectivity index is 1.29. The van der Waals surface area contributed by atoms with Gasteiger partial charge in [-0.05, 0) is 52.4 Å². The largest absolute Gasteiger partial charge is 0.454 e. The number of pyridine rings is 1. The molecule has 7 aromatic rings. The molecule has 0 atom stereocenters. The highest BCUT2D eigenvalue weighted by Crippen LogP contribution is 2.40. The van der Waals surface area contributed by atoms with E-state index in [1.54, 1.807) is 0 Å². The molecule has 2 heterocycles. The van der Waals surface area contributed by atoms with Crippen LogP contribution in [0.1, 0.15) is 11.1 Å². The van der Waals surface area contributed by atoms with Crippen molar-refractivity contribution < 1.29 is 8.98 Å². The van der Waals surface area contributed by atoms with Crippen molar-refractivity contribution in [2.45, 2.75) is 6.92 Å². The third kappa shape index (κ3) is 4.18. The number of aromatic nitrogens is 1. The maximum Gasteiger partial charge on any atom is 0.216 e. The Morgan fingerprint density at radius 3 is 1.78 bits per heavy atom. The minimum absolute atomic E-state index is 0.555. The van der Waals surface area contributed by atoms with Crippen molar-refractivity contribution in [2.75, 3.05) is 0 Å². The lowest BCUT2D eigenvalue weighted by molar-refractivity contribution is -0.660. The first-order valence-electron chi connectivity index (χ1n) is 13.7. The van der Waals surface area contributed by atoms with Gasteiger partial charge in [-0.15, -0.1) is 0 Å². The third-order valence-corrected chi connectivity index (χ3v) is 7.96. The molecular weight excluding hydrogens is 500 g/mol. The summed E-state index contributed by atoms with van der Waals surface area (Å²) >= 11 is 0. The molecule has 7 rings (SSSR count). The average molecular weight is 528 g/mol. The molecule has 0 spiro atoms. The maximum absolute atomic E-state index is 10.3. The van der Waals surface area contributed by atoms with Crippen LogP contribution in [0, 0.1) is 18.3 Å². The van der Waals surface area contributed by atoms with Crippen LogP contribution in [-0.4, -0.2) is 0 Å². The van der Waals surface area contributed by atoms with Gasteiger partial charge >= 0.3 is 0 Å². The lowest BCUT2D eigenvalue weighted by atomic mass is 9.94. The van der Waals surface area contributed by atoms with E-state index in [0.717, 1.165) is 55.4 Å². The molecule has 0 aliphatic carbocycles. The number of hydrogen-bond donors (Lipinski definition) is 0. The molecule has 0 N–H and O–H groups in total. The van der Waals surface area contributed by atoms with Gasteiger partial charge in [-0.2, -0.15) is 5.26 Å². The summed E-state index contributed by atoms with van der Waals surface area (Å²) in [7, 11) is 2.04. The fourth-order valence-corrected chi connectivity index (χ4v) is 5.78. The molecule has 0 bridgehead atoms. The number of fused-ring (bicyclic) bond motifs is 3. The van der Waals surface area contributed by atoms with Gasteiger partial charge < -0.3 is 4.42 Å². The number of hydrogen-bond acceptors (Lipinski definition) is 2. The summed E-state index contributed by atoms with van der Waals surface area (Å²) in [6.07, 6.45) is 2.04. The Morgan fingerprint density at radius 2 is 1.15 bits per heavy atom. The van der Waals surface area contributed by atoms with Gasteiger partial charge in [0.1, 0.15) is 24.3 Å². The van der Waals surface area contributed by atoms with Crippen LogP contribution < -0.4 is 4.57 Å². The monoisotopic (exact) mass is 527 g/mol. The summed E-state index contributed by atoms with van der Waals surface area (Å²) in [4.78, 5) is 0. The Morgan fingerprint density at radius 1 is 0.585 bits per heavy atom. The number of furan rings is 1. The van der Waals surface area contributed by atoms with E-state index in [2.05, 4.69) is 115 Å². The van der Waals surface area contributed by atoms with Gasteiger partial charge in [0.25, 0.3) is 0 Å². The zero-order chi connectivity index (χ0) is 27.9. The number of nitrogens with zero attached hydrogens (tertiary/aromatic N) is 2. The lowest BCUT2D eigenvalue weighted by Crippen LogP contribution is -2.30. The van der Waals surface area contributed by atoms with E-state index in [1.165, 1.54) is 11.1 Å². The minimum Gasteiger partial charge on any atom is -0.454 e. The second-order valence-electron chi connectivity index (χ2n) is 10.4. The normalized spacial score (nSPS) is 11.1. The second-order valence-corrected chi connectivity index (χ2v) is 10.4. The van der Waals surface area contributed by atoms with E-state index in [-0.39, 0.29) is 0 Å². The SMILES string of the molecule is Cc1ccc2c(oc3c(C#N)c(-c4ccc(-c5ccc(-c6ccccc6)cc5)cc4)ccc32)c1-c1cccc[n+]1C. The summed E-state index contributed by atoms with van der Waals surface area (Å²) in [5, 5.41) is 12.3. The van der Waals surface area contributed by atoms with Gasteiger partial charge in [0.2, 0.25) is 5.69 Å². The lowest BCUT2D eigenvalue weighted by Gasteiger charge is -2.08. The minimum atomic E-state index is 0.555. The first-order valence-corrected chi connectivity index (χ1v) is 13.7. The van der Waals surface area contributed by atoms with E-state index in [0.29, 0.717) is 11.1 Å². The molecule has 0 amide bonds. The Labute approximate surface area is 239 Å². The summed E-state index contributed by atoms with van der Waals surface area (Å²) in [6, 6.07) is 44.4. The van der Waals surface area contributed by atoms with Crippen LogP contribution in [0.3, 0.4) is 0 Å². The van der Waals surface area contributed by atoms with Gasteiger partial charge in [0, 0.05) is 28.5 Å². The van der Waals surface area contributed by atoms with E-state index in [9.17, 15) is 5.26 Å². The molecule has 0 fully saturated rings. The number of aryl methyl sites for hydroxylation is 2. The smallest absolute Gasteiger partial charge is 0.216 e. The highest BCUT2D eigenvalue weighted by molar-refractivity contribution is 6.12. The molecule has 0 radical (unpaired) electrons. The molecule has 0 aliphatic heterocycles. The Kier molecular flexibility index (Phi) is 5.95. The maximum atomic E-state index is 10.3. The van der Waals surface area contributed by atoms with Gasteiger partial charge in [0.15, 0.2) is 11.8 Å². The molecule has 2 aromatic heterocycles. The molecule has 5 aromatic carbocycles. The molecule has 0 unspecified atom stereocenters. The number of nitriles is 1. The van der Waals surface area contributed by atoms with Crippen molar-refractivity contribution in [3.8, 4) is 50.7 Å². The first-order chi connectivity index (χ1) is 20.1. The molecule has 0 saturated carbocycles. The van der Waals surface area contributed by atoms with Gasteiger partial charge in [-0.25, -0.2) is 4.57 Å². The van der Waals surface area contributed by atoms with Gasteiger partial charge in [-0.3, -0.25) is 0 Å². The highest BCUT2D eigenvalue weighted by atomic mass is 16.3. The van der Waals surface area contributed by atoms with Crippen molar-refractivity contribution in [3.63, 3.8) is 0 Å². The first kappa shape index (κ1) is 24.6. The van der Waals surface area contributed by atoms with E-state index in [4.69, 9.17) is 4.42 Å². The van der Waals surface area contributed by atoms with Crippen molar-refractivity contribution >= 4 is 21.9 Å². The quantitative estimate of drug-likeness (QED) is 0.214. The summed E-state index contributed by atoms with van der Waals surface area (Å²) in [5.74, 6) is 0. The van der Waals surface area contributed by atoms with Crippen LogP contribution in [0.25, 0.3) is 66.6 Å². The molecule has 194 valence electrons. The van der Waals surface area contributed by atoms with E-state index >= 15 is 0 Å². The summed E-state index contributed by atoms with van der Waals surface area (Å²) < 4.78 is 8.66. The summed E-state index contributed by atoms with van der Waals surface area (Å²) in [6.45, 7) is 2.10. The van der Waals surface area contributed by atoms with Crippen molar-refractivity contribution in [1.82, 2.24) is 0 Å². The summed E-state index contributed by atoms with van der Waals surface area (Å²) in [5.41, 5.74) is 11.8. The molecule has 3 nitrogen and oxygen atoms in total. The van der Waals surface area contributed by atoms with E-state index in [1.807, 2.05) is 37.5 Å². The molecular formula is C38H27N2O+. The predicted molar refractivity (Wildman–Crippen MR) is 166 cm³/mol. The Hall–Kier alpha value is -5.46. The third-order valence-electron chi connectivity index (χ3n) is 7.96. The molecule has 0 saturated heterocycles. The fraction of sp³-hybridized carbons (Fsp3) is 0.0526. The Bertz CT molecular complexity index is 2100. The number of benzene rings is 5.